The fourth-order valence-electron chi connectivity index (χ4n) is 2.13. The Morgan fingerprint density at radius 3 is 2.25 bits per heavy atom. The third kappa shape index (κ3) is 4.15. The summed E-state index contributed by atoms with van der Waals surface area (Å²) in [6.45, 7) is 2.09. The van der Waals surface area contributed by atoms with Crippen LogP contribution in [0.4, 0.5) is 5.69 Å². The van der Waals surface area contributed by atoms with Crippen LogP contribution in [0.3, 0.4) is 0 Å². The van der Waals surface area contributed by atoms with E-state index in [0.717, 1.165) is 17.0 Å². The maximum Gasteiger partial charge on any atom is 4.00 e. The summed E-state index contributed by atoms with van der Waals surface area (Å²) in [7, 11) is 0. The number of benzene rings is 1. The molecule has 1 aliphatic heterocycles. The van der Waals surface area contributed by atoms with E-state index in [1.165, 1.54) is 5.57 Å². The molecular formula is C14H11Cl4NZr. The molecule has 3 rings (SSSR count). The first-order chi connectivity index (χ1) is 7.75. The van der Waals surface area contributed by atoms with Gasteiger partial charge in [-0.05, 0) is 12.1 Å². The van der Waals surface area contributed by atoms with Crippen molar-refractivity contribution >= 4 is 17.3 Å². The standard InChI is InChI=1S/C14H11ClN.3ClH.Zr/c1-10-7-11-9-14(15)16(13(11)8-10)12-5-3-2-4-6-12;;;;/h2-8,14H,1H3;3*1H;/q-1;;;;+4/p-3. The number of alkyl halides is 1. The van der Waals surface area contributed by atoms with Gasteiger partial charge < -0.3 is 42.1 Å². The molecule has 0 N–H and O–H groups in total. The Morgan fingerprint density at radius 1 is 1.05 bits per heavy atom. The molecular weight excluding hydrogens is 415 g/mol. The Labute approximate surface area is 162 Å². The van der Waals surface area contributed by atoms with Gasteiger partial charge in [0.15, 0.2) is 0 Å². The van der Waals surface area contributed by atoms with Gasteiger partial charge in [0.05, 0.1) is 5.50 Å². The summed E-state index contributed by atoms with van der Waals surface area (Å²) in [5.74, 6) is 0. The van der Waals surface area contributed by atoms with Crippen LogP contribution in [0.15, 0.2) is 59.3 Å². The van der Waals surface area contributed by atoms with E-state index in [-0.39, 0.29) is 68.9 Å². The van der Waals surface area contributed by atoms with Crippen molar-refractivity contribution in [3.8, 4) is 0 Å². The number of halogens is 4. The quantitative estimate of drug-likeness (QED) is 0.247. The Hall–Kier alpha value is 0.283. The van der Waals surface area contributed by atoms with Crippen LogP contribution in [0.1, 0.15) is 6.92 Å². The average Bonchev–Trinajstić information content (AvgIpc) is 2.74. The van der Waals surface area contributed by atoms with E-state index in [2.05, 4.69) is 42.2 Å². The maximum atomic E-state index is 6.29. The molecule has 0 fully saturated rings. The molecule has 1 atom stereocenters. The SMILES string of the molecule is CC1=CC2=[C-]C(Cl)N(c3ccccc3)C2=C1.[Cl-].[Cl-].[Cl-].[Zr+4]. The van der Waals surface area contributed by atoms with E-state index in [0.29, 0.717) is 0 Å². The minimum atomic E-state index is -0.201. The zero-order valence-corrected chi connectivity index (χ0v) is 16.1. The zero-order valence-electron chi connectivity index (χ0n) is 10.6. The molecule has 1 aromatic rings. The number of para-hydroxylation sites is 1. The van der Waals surface area contributed by atoms with Crippen molar-refractivity contribution in [1.29, 1.82) is 0 Å². The van der Waals surface area contributed by atoms with E-state index >= 15 is 0 Å². The number of allylic oxidation sites excluding steroid dienone is 3. The number of hydrogen-bond acceptors (Lipinski definition) is 1. The molecule has 0 saturated carbocycles. The first-order valence-electron chi connectivity index (χ1n) is 5.28. The van der Waals surface area contributed by atoms with Crippen molar-refractivity contribution in [2.45, 2.75) is 12.4 Å². The van der Waals surface area contributed by atoms with E-state index in [1.54, 1.807) is 0 Å². The van der Waals surface area contributed by atoms with Gasteiger partial charge in [0, 0.05) is 5.69 Å². The van der Waals surface area contributed by atoms with Crippen LogP contribution < -0.4 is 42.1 Å². The van der Waals surface area contributed by atoms with Gasteiger partial charge in [-0.3, -0.25) is 0 Å². The molecule has 0 aromatic heterocycles. The van der Waals surface area contributed by atoms with Crippen LogP contribution in [0.25, 0.3) is 0 Å². The maximum absolute atomic E-state index is 6.29. The second-order valence-corrected chi connectivity index (χ2v) is 4.43. The zero-order chi connectivity index (χ0) is 11.1. The van der Waals surface area contributed by atoms with E-state index in [9.17, 15) is 0 Å². The largest absolute Gasteiger partial charge is 4.00 e. The van der Waals surface area contributed by atoms with Crippen LogP contribution in [-0.2, 0) is 26.2 Å². The van der Waals surface area contributed by atoms with Gasteiger partial charge in [-0.25, -0.2) is 0 Å². The van der Waals surface area contributed by atoms with E-state index in [1.807, 2.05) is 18.2 Å². The van der Waals surface area contributed by atoms with Crippen LogP contribution >= 0.6 is 11.6 Å². The summed E-state index contributed by atoms with van der Waals surface area (Å²) in [4.78, 5) is 2.10. The Bertz CT molecular complexity index is 525. The van der Waals surface area contributed by atoms with Gasteiger partial charge in [-0.2, -0.15) is 17.7 Å². The number of rotatable bonds is 1. The number of nitrogens with zero attached hydrogens (tertiary/aromatic N) is 1. The molecule has 2 aliphatic rings. The molecule has 104 valence electrons. The van der Waals surface area contributed by atoms with Crippen LogP contribution in [-0.4, -0.2) is 5.50 Å². The number of fused-ring (bicyclic) bond motifs is 1. The second kappa shape index (κ2) is 9.33. The van der Waals surface area contributed by atoms with Crippen LogP contribution in [0, 0.1) is 6.08 Å². The molecule has 6 heteroatoms. The second-order valence-electron chi connectivity index (χ2n) is 4.02. The summed E-state index contributed by atoms with van der Waals surface area (Å²) in [6, 6.07) is 10.2. The first-order valence-corrected chi connectivity index (χ1v) is 5.71. The Balaban J connectivity index is 0. The summed E-state index contributed by atoms with van der Waals surface area (Å²) >= 11 is 6.29. The molecule has 1 aliphatic carbocycles. The summed E-state index contributed by atoms with van der Waals surface area (Å²) in [5, 5.41) is 0. The molecule has 1 nitrogen and oxygen atoms in total. The molecule has 20 heavy (non-hydrogen) atoms. The smallest absolute Gasteiger partial charge is 1.00 e. The van der Waals surface area contributed by atoms with Gasteiger partial charge in [-0.1, -0.05) is 30.8 Å². The van der Waals surface area contributed by atoms with Crippen molar-refractivity contribution in [2.24, 2.45) is 0 Å². The van der Waals surface area contributed by atoms with Gasteiger partial charge >= 0.3 is 26.2 Å². The Kier molecular flexibility index (Phi) is 10.5. The molecule has 0 bridgehead atoms. The van der Waals surface area contributed by atoms with Crippen molar-refractivity contribution in [1.82, 2.24) is 0 Å². The molecule has 1 aromatic carbocycles. The fourth-order valence-corrected chi connectivity index (χ4v) is 2.46. The van der Waals surface area contributed by atoms with Gasteiger partial charge in [0.1, 0.15) is 0 Å². The molecule has 1 unspecified atom stereocenters. The molecule has 1 heterocycles. The number of anilines is 1. The normalized spacial score (nSPS) is 18.2. The minimum Gasteiger partial charge on any atom is -1.00 e. The first kappa shape index (κ1) is 22.6. The predicted octanol–water partition coefficient (Wildman–Crippen LogP) is -5.35. The molecule has 0 radical (unpaired) electrons. The van der Waals surface area contributed by atoms with Gasteiger partial charge in [0.25, 0.3) is 0 Å². The van der Waals surface area contributed by atoms with E-state index in [4.69, 9.17) is 11.6 Å². The minimum absolute atomic E-state index is 0. The van der Waals surface area contributed by atoms with Crippen LogP contribution in [0.2, 0.25) is 0 Å². The van der Waals surface area contributed by atoms with Gasteiger partial charge in [0.2, 0.25) is 0 Å². The summed E-state index contributed by atoms with van der Waals surface area (Å²) < 4.78 is 0. The predicted molar refractivity (Wildman–Crippen MR) is 67.2 cm³/mol. The fraction of sp³-hybridized carbons (Fsp3) is 0.143. The Morgan fingerprint density at radius 2 is 1.65 bits per heavy atom. The summed E-state index contributed by atoms with van der Waals surface area (Å²) in [6.07, 6.45) is 7.53. The van der Waals surface area contributed by atoms with Crippen molar-refractivity contribution in [2.75, 3.05) is 4.90 Å². The monoisotopic (exact) mass is 423 g/mol. The van der Waals surface area contributed by atoms with Crippen molar-refractivity contribution in [3.63, 3.8) is 0 Å². The van der Waals surface area contributed by atoms with E-state index < -0.39 is 0 Å². The van der Waals surface area contributed by atoms with Crippen molar-refractivity contribution in [3.05, 3.63) is 65.4 Å². The third-order valence-corrected chi connectivity index (χ3v) is 3.11. The summed E-state index contributed by atoms with van der Waals surface area (Å²) in [5.41, 5.74) is 4.43. The van der Waals surface area contributed by atoms with Gasteiger partial charge in [-0.15, -0.1) is 23.3 Å². The third-order valence-electron chi connectivity index (χ3n) is 2.81. The average molecular weight is 426 g/mol. The molecule has 0 amide bonds. The van der Waals surface area contributed by atoms with Crippen LogP contribution in [0.5, 0.6) is 0 Å². The topological polar surface area (TPSA) is 3.24 Å². The molecule has 0 spiro atoms. The number of hydrogen-bond donors (Lipinski definition) is 0. The van der Waals surface area contributed by atoms with Crippen molar-refractivity contribution < 1.29 is 63.4 Å². The molecule has 0 saturated heterocycles.